The van der Waals surface area contributed by atoms with Crippen molar-refractivity contribution in [3.05, 3.63) is 0 Å². The first-order valence-corrected chi connectivity index (χ1v) is 6.12. The first kappa shape index (κ1) is 14.0. The number of nitrogens with one attached hydrogen (secondary N) is 1. The summed E-state index contributed by atoms with van der Waals surface area (Å²) in [6, 6.07) is 0. The van der Waals surface area contributed by atoms with Gasteiger partial charge >= 0.3 is 0 Å². The van der Waals surface area contributed by atoms with Crippen molar-refractivity contribution in [2.24, 2.45) is 11.1 Å². The van der Waals surface area contributed by atoms with Crippen LogP contribution in [0.3, 0.4) is 0 Å². The predicted molar refractivity (Wildman–Crippen MR) is 68.9 cm³/mol. The highest BCUT2D eigenvalue weighted by atomic mass is 16.6. The average molecular weight is 238 g/mol. The van der Waals surface area contributed by atoms with Crippen molar-refractivity contribution in [3.8, 4) is 11.8 Å². The van der Waals surface area contributed by atoms with E-state index in [2.05, 4.69) is 22.3 Å². The lowest BCUT2D eigenvalue weighted by Crippen LogP contribution is -2.45. The van der Waals surface area contributed by atoms with Crippen LogP contribution in [0.25, 0.3) is 0 Å². The van der Waals surface area contributed by atoms with Crippen molar-refractivity contribution in [3.63, 3.8) is 0 Å². The Morgan fingerprint density at radius 1 is 1.53 bits per heavy atom. The molecular formula is C13H22N2O2. The summed E-state index contributed by atoms with van der Waals surface area (Å²) in [6.07, 6.45) is 0.312. The Bertz CT molecular complexity index is 315. The summed E-state index contributed by atoms with van der Waals surface area (Å²) in [4.78, 5) is 5.32. The molecule has 0 aromatic rings. The molecule has 0 amide bonds. The van der Waals surface area contributed by atoms with Gasteiger partial charge in [0.15, 0.2) is 0 Å². The number of ether oxygens (including phenoxy) is 1. The van der Waals surface area contributed by atoms with Gasteiger partial charge in [0.25, 0.3) is 0 Å². The van der Waals surface area contributed by atoms with Crippen LogP contribution in [-0.2, 0) is 9.57 Å². The second-order valence-corrected chi connectivity index (χ2v) is 4.53. The molecule has 1 saturated heterocycles. The molecule has 0 aromatic heterocycles. The second kappa shape index (κ2) is 7.31. The van der Waals surface area contributed by atoms with Crippen molar-refractivity contribution in [1.82, 2.24) is 5.32 Å². The summed E-state index contributed by atoms with van der Waals surface area (Å²) < 4.78 is 5.70. The fraction of sp³-hybridized carbons (Fsp3) is 0.769. The smallest absolute Gasteiger partial charge is 0.144 e. The standard InChI is InChI=1S/C13H22N2O2/c1-5-6-13(10(2)3)15-16-9-12-8-14-7-11(4)17-12/h10-12,14H,7-9H2,1-4H3/b15-13+/t11-,12-/m0/s1. The van der Waals surface area contributed by atoms with Gasteiger partial charge in [-0.2, -0.15) is 0 Å². The Hall–Kier alpha value is -1.05. The van der Waals surface area contributed by atoms with Crippen LogP contribution in [0.15, 0.2) is 5.16 Å². The second-order valence-electron chi connectivity index (χ2n) is 4.53. The molecule has 1 N–H and O–H groups in total. The highest BCUT2D eigenvalue weighted by molar-refractivity contribution is 6.01. The monoisotopic (exact) mass is 238 g/mol. The lowest BCUT2D eigenvalue weighted by Gasteiger charge is -2.27. The highest BCUT2D eigenvalue weighted by Gasteiger charge is 2.19. The first-order valence-electron chi connectivity index (χ1n) is 6.12. The van der Waals surface area contributed by atoms with Gasteiger partial charge in [-0.3, -0.25) is 0 Å². The Morgan fingerprint density at radius 2 is 2.29 bits per heavy atom. The minimum Gasteiger partial charge on any atom is -0.392 e. The average Bonchev–Trinajstić information content (AvgIpc) is 2.28. The van der Waals surface area contributed by atoms with Crippen molar-refractivity contribution < 1.29 is 9.57 Å². The maximum absolute atomic E-state index is 5.70. The van der Waals surface area contributed by atoms with E-state index in [1.807, 2.05) is 20.8 Å². The van der Waals surface area contributed by atoms with E-state index in [0.717, 1.165) is 18.8 Å². The topological polar surface area (TPSA) is 42.8 Å². The Morgan fingerprint density at radius 3 is 2.88 bits per heavy atom. The van der Waals surface area contributed by atoms with Gasteiger partial charge in [0.2, 0.25) is 0 Å². The molecule has 1 aliphatic rings. The maximum Gasteiger partial charge on any atom is 0.144 e. The van der Waals surface area contributed by atoms with E-state index in [1.54, 1.807) is 6.92 Å². The van der Waals surface area contributed by atoms with Crippen LogP contribution in [-0.4, -0.2) is 37.6 Å². The molecular weight excluding hydrogens is 216 g/mol. The number of hydrogen-bond donors (Lipinski definition) is 1. The van der Waals surface area contributed by atoms with Crippen molar-refractivity contribution in [1.29, 1.82) is 0 Å². The third kappa shape index (κ3) is 5.20. The number of nitrogens with zero attached hydrogens (tertiary/aromatic N) is 1. The van der Waals surface area contributed by atoms with Crippen LogP contribution < -0.4 is 5.32 Å². The molecule has 1 fully saturated rings. The summed E-state index contributed by atoms with van der Waals surface area (Å²) in [5.41, 5.74) is 0.782. The van der Waals surface area contributed by atoms with E-state index >= 15 is 0 Å². The molecule has 17 heavy (non-hydrogen) atoms. The largest absolute Gasteiger partial charge is 0.392 e. The van der Waals surface area contributed by atoms with Gasteiger partial charge in [-0.15, -0.1) is 0 Å². The van der Waals surface area contributed by atoms with Crippen LogP contribution in [0.5, 0.6) is 0 Å². The van der Waals surface area contributed by atoms with Gasteiger partial charge in [-0.05, 0) is 19.8 Å². The first-order chi connectivity index (χ1) is 8.13. The lowest BCUT2D eigenvalue weighted by molar-refractivity contribution is -0.0680. The molecule has 1 heterocycles. The molecule has 0 radical (unpaired) electrons. The van der Waals surface area contributed by atoms with E-state index in [9.17, 15) is 0 Å². The molecule has 96 valence electrons. The zero-order valence-electron chi connectivity index (χ0n) is 11.1. The van der Waals surface area contributed by atoms with Crippen LogP contribution in [0, 0.1) is 17.8 Å². The van der Waals surface area contributed by atoms with E-state index in [-0.39, 0.29) is 18.1 Å². The molecule has 2 atom stereocenters. The fourth-order valence-corrected chi connectivity index (χ4v) is 1.56. The Labute approximate surface area is 104 Å². The third-order valence-electron chi connectivity index (χ3n) is 2.45. The number of hydrogen-bond acceptors (Lipinski definition) is 4. The van der Waals surface area contributed by atoms with Gasteiger partial charge in [0, 0.05) is 19.0 Å². The Kier molecular flexibility index (Phi) is 6.03. The normalized spacial score (nSPS) is 25.4. The molecule has 0 saturated carbocycles. The van der Waals surface area contributed by atoms with Crippen LogP contribution in [0.2, 0.25) is 0 Å². The minimum atomic E-state index is 0.0745. The van der Waals surface area contributed by atoms with E-state index < -0.39 is 0 Å². The third-order valence-corrected chi connectivity index (χ3v) is 2.45. The van der Waals surface area contributed by atoms with E-state index in [0.29, 0.717) is 6.61 Å². The molecule has 0 aromatic carbocycles. The number of morpholine rings is 1. The molecule has 1 aliphatic heterocycles. The van der Waals surface area contributed by atoms with Crippen LogP contribution in [0.1, 0.15) is 27.7 Å². The van der Waals surface area contributed by atoms with Gasteiger partial charge < -0.3 is 14.9 Å². The summed E-state index contributed by atoms with van der Waals surface area (Å²) in [5, 5.41) is 7.36. The van der Waals surface area contributed by atoms with Crippen LogP contribution in [0.4, 0.5) is 0 Å². The molecule has 4 heteroatoms. The summed E-state index contributed by atoms with van der Waals surface area (Å²) >= 11 is 0. The molecule has 4 nitrogen and oxygen atoms in total. The van der Waals surface area contributed by atoms with Gasteiger partial charge in [0.1, 0.15) is 18.4 Å². The van der Waals surface area contributed by atoms with E-state index in [4.69, 9.17) is 9.57 Å². The van der Waals surface area contributed by atoms with Crippen molar-refractivity contribution >= 4 is 5.71 Å². The SMILES string of the molecule is CC#C/C(=N\OC[C@@H]1CNC[C@H](C)O1)C(C)C. The number of rotatable bonds is 4. The zero-order valence-corrected chi connectivity index (χ0v) is 11.1. The summed E-state index contributed by atoms with van der Waals surface area (Å²) in [6.45, 7) is 10.1. The minimum absolute atomic E-state index is 0.0745. The molecule has 0 spiro atoms. The maximum atomic E-state index is 5.70. The molecule has 0 bridgehead atoms. The predicted octanol–water partition coefficient (Wildman–Crippen LogP) is 1.42. The molecule has 1 rings (SSSR count). The van der Waals surface area contributed by atoms with Crippen LogP contribution >= 0.6 is 0 Å². The summed E-state index contributed by atoms with van der Waals surface area (Å²) in [5.74, 6) is 6.07. The van der Waals surface area contributed by atoms with E-state index in [1.165, 1.54) is 0 Å². The van der Waals surface area contributed by atoms with Crippen molar-refractivity contribution in [2.75, 3.05) is 19.7 Å². The van der Waals surface area contributed by atoms with Gasteiger partial charge in [-0.25, -0.2) is 0 Å². The number of oxime groups is 1. The fourth-order valence-electron chi connectivity index (χ4n) is 1.56. The molecule has 0 unspecified atom stereocenters. The van der Waals surface area contributed by atoms with Gasteiger partial charge in [-0.1, -0.05) is 24.9 Å². The Balaban J connectivity index is 2.38. The molecule has 0 aliphatic carbocycles. The zero-order chi connectivity index (χ0) is 12.7. The summed E-state index contributed by atoms with van der Waals surface area (Å²) in [7, 11) is 0. The highest BCUT2D eigenvalue weighted by Crippen LogP contribution is 2.04. The quantitative estimate of drug-likeness (QED) is 0.457. The van der Waals surface area contributed by atoms with Gasteiger partial charge in [0.05, 0.1) is 6.10 Å². The van der Waals surface area contributed by atoms with Crippen molar-refractivity contribution in [2.45, 2.75) is 39.9 Å². The lowest BCUT2D eigenvalue weighted by atomic mass is 10.1.